The highest BCUT2D eigenvalue weighted by atomic mass is 35.5. The second-order valence-corrected chi connectivity index (χ2v) is 9.03. The summed E-state index contributed by atoms with van der Waals surface area (Å²) in [5.41, 5.74) is 4.31. The quantitative estimate of drug-likeness (QED) is 0.735. The van der Waals surface area contributed by atoms with Gasteiger partial charge in [0.25, 0.3) is 0 Å². The fourth-order valence-corrected chi connectivity index (χ4v) is 3.78. The third kappa shape index (κ3) is 5.97. The fraction of sp³-hybridized carbons (Fsp3) is 0.350. The van der Waals surface area contributed by atoms with Gasteiger partial charge < -0.3 is 5.32 Å². The number of sulfonamides is 1. The first-order valence-corrected chi connectivity index (χ1v) is 10.9. The van der Waals surface area contributed by atoms with E-state index in [4.69, 9.17) is 11.6 Å². The molecule has 0 aliphatic carbocycles. The second kappa shape index (κ2) is 8.76. The molecule has 0 spiro atoms. The van der Waals surface area contributed by atoms with Crippen molar-refractivity contribution in [3.05, 3.63) is 58.1 Å². The first kappa shape index (κ1) is 21.3. The lowest BCUT2D eigenvalue weighted by molar-refractivity contribution is -0.116. The van der Waals surface area contributed by atoms with E-state index in [9.17, 15) is 13.2 Å². The molecule has 2 aromatic rings. The van der Waals surface area contributed by atoms with Gasteiger partial charge in [-0.3, -0.25) is 9.10 Å². The molecule has 2 aromatic carbocycles. The smallest absolute Gasteiger partial charge is 0.232 e. The third-order valence-corrected chi connectivity index (χ3v) is 6.00. The minimum atomic E-state index is -3.43. The van der Waals surface area contributed by atoms with Crippen LogP contribution in [0.5, 0.6) is 0 Å². The molecule has 0 heterocycles. The zero-order valence-corrected chi connectivity index (χ0v) is 17.6. The minimum absolute atomic E-state index is 0.177. The molecule has 0 aliphatic heterocycles. The summed E-state index contributed by atoms with van der Waals surface area (Å²) in [6.07, 6.45) is 1.80. The van der Waals surface area contributed by atoms with E-state index >= 15 is 0 Å². The van der Waals surface area contributed by atoms with E-state index in [1.54, 1.807) is 18.2 Å². The van der Waals surface area contributed by atoms with Gasteiger partial charge in [-0.1, -0.05) is 23.7 Å². The van der Waals surface area contributed by atoms with Crippen LogP contribution >= 0.6 is 11.6 Å². The number of anilines is 2. The van der Waals surface area contributed by atoms with E-state index in [1.165, 1.54) is 10.6 Å². The molecule has 0 aliphatic rings. The van der Waals surface area contributed by atoms with Crippen molar-refractivity contribution in [2.45, 2.75) is 33.6 Å². The molecule has 146 valence electrons. The molecule has 0 saturated heterocycles. The first-order valence-electron chi connectivity index (χ1n) is 8.69. The summed E-state index contributed by atoms with van der Waals surface area (Å²) in [4.78, 5) is 12.2. The van der Waals surface area contributed by atoms with Crippen LogP contribution in [0.25, 0.3) is 0 Å². The van der Waals surface area contributed by atoms with Crippen LogP contribution in [0.3, 0.4) is 0 Å². The third-order valence-electron chi connectivity index (χ3n) is 4.40. The lowest BCUT2D eigenvalue weighted by Crippen LogP contribution is -2.31. The maximum Gasteiger partial charge on any atom is 0.232 e. The Kier molecular flexibility index (Phi) is 6.89. The number of hydrogen-bond donors (Lipinski definition) is 1. The van der Waals surface area contributed by atoms with Gasteiger partial charge in [0.2, 0.25) is 15.9 Å². The summed E-state index contributed by atoms with van der Waals surface area (Å²) in [5, 5.41) is 3.38. The normalized spacial score (nSPS) is 11.3. The predicted octanol–water partition coefficient (Wildman–Crippen LogP) is 4.45. The van der Waals surface area contributed by atoms with Crippen molar-refractivity contribution in [1.29, 1.82) is 0 Å². The first-order chi connectivity index (χ1) is 12.6. The Balaban J connectivity index is 1.99. The molecule has 1 N–H and O–H groups in total. The van der Waals surface area contributed by atoms with E-state index < -0.39 is 10.0 Å². The molecule has 2 rings (SSSR count). The van der Waals surface area contributed by atoms with E-state index in [2.05, 4.69) is 5.32 Å². The Labute approximate surface area is 166 Å². The molecule has 7 heteroatoms. The van der Waals surface area contributed by atoms with Gasteiger partial charge in [-0.05, 0) is 68.1 Å². The summed E-state index contributed by atoms with van der Waals surface area (Å²) in [6.45, 7) is 6.05. The van der Waals surface area contributed by atoms with Gasteiger partial charge in [-0.2, -0.15) is 0 Å². The number of rotatable bonds is 7. The number of nitrogens with zero attached hydrogens (tertiary/aromatic N) is 1. The summed E-state index contributed by atoms with van der Waals surface area (Å²) >= 11 is 6.06. The highest BCUT2D eigenvalue weighted by Gasteiger charge is 2.18. The van der Waals surface area contributed by atoms with Crippen molar-refractivity contribution in [2.75, 3.05) is 22.4 Å². The van der Waals surface area contributed by atoms with E-state index in [1.807, 2.05) is 39.0 Å². The van der Waals surface area contributed by atoms with Gasteiger partial charge in [-0.15, -0.1) is 0 Å². The Hall–Kier alpha value is -2.05. The van der Waals surface area contributed by atoms with Crippen LogP contribution in [0.1, 0.15) is 29.5 Å². The van der Waals surface area contributed by atoms with E-state index in [0.717, 1.165) is 16.7 Å². The monoisotopic (exact) mass is 408 g/mol. The second-order valence-electron chi connectivity index (χ2n) is 6.72. The number of carbonyl (C=O) groups is 1. The molecule has 5 nitrogen and oxygen atoms in total. The van der Waals surface area contributed by atoms with Gasteiger partial charge in [0, 0.05) is 23.7 Å². The highest BCUT2D eigenvalue weighted by molar-refractivity contribution is 7.92. The van der Waals surface area contributed by atoms with Crippen molar-refractivity contribution in [3.8, 4) is 0 Å². The molecule has 0 radical (unpaired) electrons. The van der Waals surface area contributed by atoms with Gasteiger partial charge in [0.05, 0.1) is 11.9 Å². The van der Waals surface area contributed by atoms with Crippen LogP contribution in [0.2, 0.25) is 5.02 Å². The zero-order chi connectivity index (χ0) is 20.2. The number of carbonyl (C=O) groups excluding carboxylic acids is 1. The highest BCUT2D eigenvalue weighted by Crippen LogP contribution is 2.22. The van der Waals surface area contributed by atoms with E-state index in [-0.39, 0.29) is 18.9 Å². The van der Waals surface area contributed by atoms with Crippen molar-refractivity contribution in [3.63, 3.8) is 0 Å². The predicted molar refractivity (Wildman–Crippen MR) is 112 cm³/mol. The maximum atomic E-state index is 12.2. The lowest BCUT2D eigenvalue weighted by atomic mass is 10.1. The molecule has 0 saturated carbocycles. The molecular weight excluding hydrogens is 384 g/mol. The Bertz CT molecular complexity index is 942. The molecule has 0 aromatic heterocycles. The van der Waals surface area contributed by atoms with E-state index in [0.29, 0.717) is 22.8 Å². The van der Waals surface area contributed by atoms with Crippen LogP contribution in [0.4, 0.5) is 11.4 Å². The number of halogens is 1. The maximum absolute atomic E-state index is 12.2. The summed E-state index contributed by atoms with van der Waals surface area (Å²) in [7, 11) is -3.43. The van der Waals surface area contributed by atoms with Crippen LogP contribution in [-0.4, -0.2) is 27.1 Å². The Morgan fingerprint density at radius 2 is 1.70 bits per heavy atom. The van der Waals surface area contributed by atoms with Crippen molar-refractivity contribution in [1.82, 2.24) is 0 Å². The molecule has 0 bridgehead atoms. The average Bonchev–Trinajstić information content (AvgIpc) is 2.57. The SMILES string of the molecule is Cc1ccc(N(CCCC(=O)Nc2ccc(C)c(Cl)c2)S(C)(=O)=O)cc1C. The summed E-state index contributed by atoms with van der Waals surface area (Å²) in [6, 6.07) is 10.9. The largest absolute Gasteiger partial charge is 0.326 e. The molecule has 0 unspecified atom stereocenters. The van der Waals surface area contributed by atoms with Crippen molar-refractivity contribution < 1.29 is 13.2 Å². The fourth-order valence-electron chi connectivity index (χ4n) is 2.64. The molecular formula is C20H25ClN2O3S. The summed E-state index contributed by atoms with van der Waals surface area (Å²) < 4.78 is 25.7. The van der Waals surface area contributed by atoms with Crippen LogP contribution in [-0.2, 0) is 14.8 Å². The van der Waals surface area contributed by atoms with Gasteiger partial charge in [0.1, 0.15) is 0 Å². The topological polar surface area (TPSA) is 66.5 Å². The molecule has 0 fully saturated rings. The minimum Gasteiger partial charge on any atom is -0.326 e. The molecule has 27 heavy (non-hydrogen) atoms. The number of amides is 1. The van der Waals surface area contributed by atoms with Gasteiger partial charge in [-0.25, -0.2) is 8.42 Å². The summed E-state index contributed by atoms with van der Waals surface area (Å²) in [5.74, 6) is -0.177. The average molecular weight is 409 g/mol. The van der Waals surface area contributed by atoms with Crippen LogP contribution in [0, 0.1) is 20.8 Å². The number of nitrogens with one attached hydrogen (secondary N) is 1. The van der Waals surface area contributed by atoms with Crippen molar-refractivity contribution >= 4 is 38.9 Å². The zero-order valence-electron chi connectivity index (χ0n) is 16.0. The lowest BCUT2D eigenvalue weighted by Gasteiger charge is -2.23. The van der Waals surface area contributed by atoms with Crippen LogP contribution in [0.15, 0.2) is 36.4 Å². The number of aryl methyl sites for hydroxylation is 3. The van der Waals surface area contributed by atoms with Gasteiger partial charge >= 0.3 is 0 Å². The number of hydrogen-bond acceptors (Lipinski definition) is 3. The Morgan fingerprint density at radius 3 is 2.30 bits per heavy atom. The standard InChI is InChI=1S/C20H25ClN2O3S/c1-14-8-10-18(12-16(14)3)23(27(4,25)26)11-5-6-20(24)22-17-9-7-15(2)19(21)13-17/h7-10,12-13H,5-6,11H2,1-4H3,(H,22,24). The van der Waals surface area contributed by atoms with Crippen LogP contribution < -0.4 is 9.62 Å². The molecule has 0 atom stereocenters. The van der Waals surface area contributed by atoms with Gasteiger partial charge in [0.15, 0.2) is 0 Å². The number of benzene rings is 2. The molecule has 1 amide bonds. The van der Waals surface area contributed by atoms with Crippen molar-refractivity contribution in [2.24, 2.45) is 0 Å². The Morgan fingerprint density at radius 1 is 1.04 bits per heavy atom.